The van der Waals surface area contributed by atoms with E-state index in [9.17, 15) is 13.2 Å². The van der Waals surface area contributed by atoms with Crippen molar-refractivity contribution in [3.05, 3.63) is 29.8 Å². The van der Waals surface area contributed by atoms with Crippen LogP contribution in [0.25, 0.3) is 0 Å². The lowest BCUT2D eigenvalue weighted by Gasteiger charge is -2.04. The van der Waals surface area contributed by atoms with E-state index in [1.165, 1.54) is 6.07 Å². The SMILES string of the molecule is Nc1c[c]c(C(F)(F)F)cc1. The van der Waals surface area contributed by atoms with E-state index in [4.69, 9.17) is 5.73 Å². The molecule has 1 aromatic carbocycles. The lowest BCUT2D eigenvalue weighted by Crippen LogP contribution is -2.04. The molecule has 0 bridgehead atoms. The van der Waals surface area contributed by atoms with Crippen LogP contribution in [0, 0.1) is 6.07 Å². The average Bonchev–Trinajstić information content (AvgIpc) is 1.86. The van der Waals surface area contributed by atoms with Crippen LogP contribution in [-0.4, -0.2) is 0 Å². The molecule has 0 spiro atoms. The molecule has 0 unspecified atom stereocenters. The first-order valence-electron chi connectivity index (χ1n) is 2.84. The largest absolute Gasteiger partial charge is 0.417 e. The van der Waals surface area contributed by atoms with Crippen molar-refractivity contribution in [1.82, 2.24) is 0 Å². The molecular formula is C7H5F3N. The zero-order chi connectivity index (χ0) is 8.48. The second-order valence-corrected chi connectivity index (χ2v) is 2.03. The number of nitrogens with two attached hydrogens (primary N) is 1. The number of halogens is 3. The maximum atomic E-state index is 11.8. The molecule has 0 heterocycles. The van der Waals surface area contributed by atoms with Crippen LogP contribution in [0.5, 0.6) is 0 Å². The third kappa shape index (κ3) is 1.86. The molecule has 0 amide bonds. The number of benzene rings is 1. The van der Waals surface area contributed by atoms with E-state index in [0.717, 1.165) is 12.1 Å². The zero-order valence-electron chi connectivity index (χ0n) is 5.44. The van der Waals surface area contributed by atoms with E-state index >= 15 is 0 Å². The van der Waals surface area contributed by atoms with Crippen molar-refractivity contribution in [1.29, 1.82) is 0 Å². The summed E-state index contributed by atoms with van der Waals surface area (Å²) in [5.41, 5.74) is 4.65. The van der Waals surface area contributed by atoms with Crippen molar-refractivity contribution in [3.8, 4) is 0 Å². The first-order valence-corrected chi connectivity index (χ1v) is 2.84. The van der Waals surface area contributed by atoms with Crippen molar-refractivity contribution in [2.75, 3.05) is 5.73 Å². The number of rotatable bonds is 0. The van der Waals surface area contributed by atoms with Gasteiger partial charge in [-0.05, 0) is 24.3 Å². The molecule has 0 aliphatic rings. The summed E-state index contributed by atoms with van der Waals surface area (Å²) in [6.45, 7) is 0. The van der Waals surface area contributed by atoms with Gasteiger partial charge in [0.15, 0.2) is 0 Å². The van der Waals surface area contributed by atoms with Crippen LogP contribution in [0.1, 0.15) is 5.56 Å². The minimum atomic E-state index is -4.33. The number of hydrogen-bond acceptors (Lipinski definition) is 1. The topological polar surface area (TPSA) is 26.0 Å². The van der Waals surface area contributed by atoms with Gasteiger partial charge in [0.05, 0.1) is 5.56 Å². The molecular weight excluding hydrogens is 155 g/mol. The fraction of sp³-hybridized carbons (Fsp3) is 0.143. The lowest BCUT2D eigenvalue weighted by molar-refractivity contribution is -0.137. The Balaban J connectivity index is 2.99. The van der Waals surface area contributed by atoms with Crippen LogP contribution in [0.4, 0.5) is 18.9 Å². The molecule has 0 aliphatic heterocycles. The van der Waals surface area contributed by atoms with Gasteiger partial charge in [-0.15, -0.1) is 0 Å². The minimum Gasteiger partial charge on any atom is -0.399 e. The maximum absolute atomic E-state index is 11.8. The lowest BCUT2D eigenvalue weighted by atomic mass is 10.2. The molecule has 0 fully saturated rings. The molecule has 0 saturated carbocycles. The predicted octanol–water partition coefficient (Wildman–Crippen LogP) is 2.09. The van der Waals surface area contributed by atoms with Crippen LogP contribution in [0.15, 0.2) is 18.2 Å². The summed E-state index contributed by atoms with van der Waals surface area (Å²) in [4.78, 5) is 0. The Morgan fingerprint density at radius 2 is 1.91 bits per heavy atom. The van der Waals surface area contributed by atoms with Crippen molar-refractivity contribution in [3.63, 3.8) is 0 Å². The molecule has 59 valence electrons. The van der Waals surface area contributed by atoms with Gasteiger partial charge < -0.3 is 5.73 Å². The summed E-state index contributed by atoms with van der Waals surface area (Å²) in [6.07, 6.45) is -4.33. The van der Waals surface area contributed by atoms with E-state index in [1.54, 1.807) is 0 Å². The van der Waals surface area contributed by atoms with Gasteiger partial charge in [0.1, 0.15) is 0 Å². The van der Waals surface area contributed by atoms with Gasteiger partial charge in [0, 0.05) is 5.69 Å². The van der Waals surface area contributed by atoms with E-state index < -0.39 is 11.7 Å². The molecule has 2 N–H and O–H groups in total. The van der Waals surface area contributed by atoms with Crippen LogP contribution in [0.3, 0.4) is 0 Å². The molecule has 4 heteroatoms. The molecule has 0 saturated heterocycles. The second kappa shape index (κ2) is 2.45. The Kier molecular flexibility index (Phi) is 1.76. The Morgan fingerprint density at radius 3 is 2.27 bits per heavy atom. The molecule has 0 aliphatic carbocycles. The Morgan fingerprint density at radius 1 is 1.27 bits per heavy atom. The van der Waals surface area contributed by atoms with Gasteiger partial charge in [-0.2, -0.15) is 13.2 Å². The monoisotopic (exact) mass is 160 g/mol. The molecule has 1 aromatic rings. The highest BCUT2D eigenvalue weighted by Crippen LogP contribution is 2.28. The van der Waals surface area contributed by atoms with Crippen LogP contribution in [0.2, 0.25) is 0 Å². The normalized spacial score (nSPS) is 11.5. The molecule has 1 nitrogen and oxygen atoms in total. The third-order valence-corrected chi connectivity index (χ3v) is 1.14. The molecule has 0 aromatic heterocycles. The maximum Gasteiger partial charge on any atom is 0.417 e. The standard InChI is InChI=1S/C7H5F3N/c8-7(9,10)5-1-3-6(11)4-2-5/h1,3-4H,11H2. The van der Waals surface area contributed by atoms with Gasteiger partial charge >= 0.3 is 6.18 Å². The zero-order valence-corrected chi connectivity index (χ0v) is 5.44. The van der Waals surface area contributed by atoms with Crippen LogP contribution in [-0.2, 0) is 6.18 Å². The number of hydrogen-bond donors (Lipinski definition) is 1. The van der Waals surface area contributed by atoms with Crippen molar-refractivity contribution >= 4 is 5.69 Å². The van der Waals surface area contributed by atoms with Gasteiger partial charge in [-0.3, -0.25) is 0 Å². The van der Waals surface area contributed by atoms with Gasteiger partial charge in [0.2, 0.25) is 0 Å². The quantitative estimate of drug-likeness (QED) is 0.578. The summed E-state index contributed by atoms with van der Waals surface area (Å²) >= 11 is 0. The number of anilines is 1. The van der Waals surface area contributed by atoms with E-state index in [2.05, 4.69) is 0 Å². The summed E-state index contributed by atoms with van der Waals surface area (Å²) in [5, 5.41) is 0. The highest BCUT2D eigenvalue weighted by molar-refractivity contribution is 5.39. The fourth-order valence-corrected chi connectivity index (χ4v) is 0.613. The highest BCUT2D eigenvalue weighted by atomic mass is 19.4. The predicted molar refractivity (Wildman–Crippen MR) is 34.7 cm³/mol. The first-order chi connectivity index (χ1) is 5.00. The van der Waals surface area contributed by atoms with Gasteiger partial charge in [-0.1, -0.05) is 0 Å². The van der Waals surface area contributed by atoms with Crippen molar-refractivity contribution < 1.29 is 13.2 Å². The molecule has 1 rings (SSSR count). The van der Waals surface area contributed by atoms with Gasteiger partial charge in [0.25, 0.3) is 0 Å². The summed E-state index contributed by atoms with van der Waals surface area (Å²) in [7, 11) is 0. The smallest absolute Gasteiger partial charge is 0.399 e. The first kappa shape index (κ1) is 7.91. The third-order valence-electron chi connectivity index (χ3n) is 1.14. The van der Waals surface area contributed by atoms with E-state index in [1.807, 2.05) is 6.07 Å². The summed E-state index contributed by atoms with van der Waals surface area (Å²) in [5.74, 6) is 0. The van der Waals surface area contributed by atoms with Crippen LogP contribution >= 0.6 is 0 Å². The number of alkyl halides is 3. The second-order valence-electron chi connectivity index (χ2n) is 2.03. The van der Waals surface area contributed by atoms with Crippen LogP contribution < -0.4 is 5.73 Å². The highest BCUT2D eigenvalue weighted by Gasteiger charge is 2.30. The Bertz CT molecular complexity index is 237. The Hall–Kier alpha value is -1.19. The summed E-state index contributed by atoms with van der Waals surface area (Å²) in [6, 6.07) is 5.22. The van der Waals surface area contributed by atoms with E-state index in [0.29, 0.717) is 0 Å². The van der Waals surface area contributed by atoms with Crippen molar-refractivity contribution in [2.24, 2.45) is 0 Å². The molecule has 1 radical (unpaired) electrons. The Labute approximate surface area is 61.6 Å². The average molecular weight is 160 g/mol. The number of nitrogen functional groups attached to an aromatic ring is 1. The van der Waals surface area contributed by atoms with Gasteiger partial charge in [-0.25, -0.2) is 0 Å². The molecule has 0 atom stereocenters. The summed E-state index contributed by atoms with van der Waals surface area (Å²) < 4.78 is 35.5. The van der Waals surface area contributed by atoms with Crippen molar-refractivity contribution in [2.45, 2.75) is 6.18 Å². The molecule has 11 heavy (non-hydrogen) atoms. The van der Waals surface area contributed by atoms with E-state index in [-0.39, 0.29) is 5.69 Å². The minimum absolute atomic E-state index is 0.276. The fourth-order valence-electron chi connectivity index (χ4n) is 0.613.